The number of rotatable bonds is 5. The molecule has 1 N–H and O–H groups in total. The number of likely N-dealkylation sites (N-methyl/N-ethyl adjacent to an activating group) is 1. The van der Waals surface area contributed by atoms with E-state index in [2.05, 4.69) is 0 Å². The molecule has 1 aromatic heterocycles. The highest BCUT2D eigenvalue weighted by molar-refractivity contribution is 5.91. The monoisotopic (exact) mass is 356 g/mol. The molecule has 1 atom stereocenters. The van der Waals surface area contributed by atoms with Gasteiger partial charge in [-0.05, 0) is 24.6 Å². The molecule has 1 aliphatic heterocycles. The first-order valence-corrected chi connectivity index (χ1v) is 9.02. The molecule has 0 unspecified atom stereocenters. The van der Waals surface area contributed by atoms with Gasteiger partial charge in [-0.3, -0.25) is 9.59 Å². The molecule has 3 rings (SSSR count). The van der Waals surface area contributed by atoms with Crippen molar-refractivity contribution in [2.24, 2.45) is 0 Å². The van der Waals surface area contributed by atoms with Gasteiger partial charge in [-0.25, -0.2) is 0 Å². The maximum absolute atomic E-state index is 12.8. The van der Waals surface area contributed by atoms with Crippen LogP contribution in [0.25, 0.3) is 0 Å². The SMILES string of the molecule is C[C@@H](C(=O)N(C)Cc1ccccc1)[NH+]1CCN(C(=O)c2ccco2)CC1. The van der Waals surface area contributed by atoms with Crippen LogP contribution in [0.2, 0.25) is 0 Å². The molecule has 1 saturated heterocycles. The molecular weight excluding hydrogens is 330 g/mol. The lowest BCUT2D eigenvalue weighted by molar-refractivity contribution is -0.918. The summed E-state index contributed by atoms with van der Waals surface area (Å²) in [5.74, 6) is 0.434. The standard InChI is InChI=1S/C20H25N3O3/c1-16(19(24)21(2)15-17-7-4-3-5-8-17)22-10-12-23(13-11-22)20(25)18-9-6-14-26-18/h3-9,14,16H,10-13,15H2,1-2H3/p+1/t16-/m0/s1. The van der Waals surface area contributed by atoms with Crippen LogP contribution in [-0.4, -0.2) is 60.9 Å². The largest absolute Gasteiger partial charge is 0.459 e. The Morgan fingerprint density at radius 1 is 1.15 bits per heavy atom. The van der Waals surface area contributed by atoms with Gasteiger partial charge in [-0.2, -0.15) is 0 Å². The summed E-state index contributed by atoms with van der Waals surface area (Å²) >= 11 is 0. The van der Waals surface area contributed by atoms with Gasteiger partial charge in [-0.15, -0.1) is 0 Å². The van der Waals surface area contributed by atoms with E-state index in [0.717, 1.165) is 18.7 Å². The van der Waals surface area contributed by atoms with Crippen molar-refractivity contribution < 1.29 is 18.9 Å². The number of carbonyl (C=O) groups is 2. The van der Waals surface area contributed by atoms with E-state index in [9.17, 15) is 9.59 Å². The van der Waals surface area contributed by atoms with Gasteiger partial charge in [0.05, 0.1) is 32.4 Å². The number of carbonyl (C=O) groups excluding carboxylic acids is 2. The molecule has 26 heavy (non-hydrogen) atoms. The molecule has 0 aliphatic carbocycles. The van der Waals surface area contributed by atoms with E-state index in [1.54, 1.807) is 21.9 Å². The Bertz CT molecular complexity index is 722. The molecule has 1 aromatic carbocycles. The van der Waals surface area contributed by atoms with Gasteiger partial charge in [0.15, 0.2) is 11.8 Å². The summed E-state index contributed by atoms with van der Waals surface area (Å²) in [7, 11) is 1.85. The van der Waals surface area contributed by atoms with E-state index in [1.807, 2.05) is 44.3 Å². The van der Waals surface area contributed by atoms with Crippen molar-refractivity contribution in [3.63, 3.8) is 0 Å². The Morgan fingerprint density at radius 2 is 1.85 bits per heavy atom. The second kappa shape index (κ2) is 8.19. The van der Waals surface area contributed by atoms with E-state index in [4.69, 9.17) is 4.42 Å². The van der Waals surface area contributed by atoms with Gasteiger partial charge < -0.3 is 19.1 Å². The minimum Gasteiger partial charge on any atom is -0.459 e. The van der Waals surface area contributed by atoms with Crippen LogP contribution in [0.1, 0.15) is 23.0 Å². The second-order valence-corrected chi connectivity index (χ2v) is 6.83. The van der Waals surface area contributed by atoms with Crippen molar-refractivity contribution in [3.05, 3.63) is 60.1 Å². The fraction of sp³-hybridized carbons (Fsp3) is 0.400. The molecule has 2 heterocycles. The molecule has 2 aromatic rings. The average molecular weight is 356 g/mol. The van der Waals surface area contributed by atoms with Gasteiger partial charge >= 0.3 is 0 Å². The molecule has 1 fully saturated rings. The number of quaternary nitrogens is 1. The van der Waals surface area contributed by atoms with Gasteiger partial charge in [0, 0.05) is 13.6 Å². The number of furan rings is 1. The lowest BCUT2D eigenvalue weighted by Gasteiger charge is -2.35. The van der Waals surface area contributed by atoms with Gasteiger partial charge in [0.1, 0.15) is 0 Å². The van der Waals surface area contributed by atoms with Crippen molar-refractivity contribution >= 4 is 11.8 Å². The quantitative estimate of drug-likeness (QED) is 0.857. The maximum Gasteiger partial charge on any atom is 0.289 e. The summed E-state index contributed by atoms with van der Waals surface area (Å²) in [6.45, 7) is 5.38. The second-order valence-electron chi connectivity index (χ2n) is 6.83. The van der Waals surface area contributed by atoms with Crippen LogP contribution in [-0.2, 0) is 11.3 Å². The Balaban J connectivity index is 1.52. The Hall–Kier alpha value is -2.60. The summed E-state index contributed by atoms with van der Waals surface area (Å²) in [6, 6.07) is 13.3. The number of hydrogen-bond donors (Lipinski definition) is 1. The normalized spacial score (nSPS) is 16.3. The van der Waals surface area contributed by atoms with E-state index < -0.39 is 0 Å². The minimum absolute atomic E-state index is 0.0748. The van der Waals surface area contributed by atoms with Crippen LogP contribution >= 0.6 is 0 Å². The number of piperazine rings is 1. The van der Waals surface area contributed by atoms with Gasteiger partial charge in [-0.1, -0.05) is 30.3 Å². The smallest absolute Gasteiger partial charge is 0.289 e. The lowest BCUT2D eigenvalue weighted by Crippen LogP contribution is -3.19. The number of amides is 2. The van der Waals surface area contributed by atoms with Crippen molar-refractivity contribution in [2.75, 3.05) is 33.2 Å². The van der Waals surface area contributed by atoms with Crippen LogP contribution in [0.15, 0.2) is 53.1 Å². The van der Waals surface area contributed by atoms with Crippen LogP contribution in [0.5, 0.6) is 0 Å². The third kappa shape index (κ3) is 4.14. The Kier molecular flexibility index (Phi) is 5.73. The molecule has 6 nitrogen and oxygen atoms in total. The zero-order chi connectivity index (χ0) is 18.5. The molecule has 0 bridgehead atoms. The molecular formula is C20H26N3O3+. The van der Waals surface area contributed by atoms with Crippen LogP contribution in [0, 0.1) is 0 Å². The molecule has 6 heteroatoms. The predicted octanol–water partition coefficient (Wildman–Crippen LogP) is 0.667. The van der Waals surface area contributed by atoms with Gasteiger partial charge in [0.2, 0.25) is 0 Å². The number of nitrogens with zero attached hydrogens (tertiary/aromatic N) is 2. The number of nitrogens with one attached hydrogen (secondary N) is 1. The minimum atomic E-state index is -0.121. The molecule has 0 spiro atoms. The fourth-order valence-electron chi connectivity index (χ4n) is 3.43. The summed E-state index contributed by atoms with van der Waals surface area (Å²) in [4.78, 5) is 29.9. The van der Waals surface area contributed by atoms with Crippen LogP contribution in [0.3, 0.4) is 0 Å². The Labute approximate surface area is 154 Å². The Morgan fingerprint density at radius 3 is 2.46 bits per heavy atom. The highest BCUT2D eigenvalue weighted by Gasteiger charge is 2.33. The predicted molar refractivity (Wildman–Crippen MR) is 97.7 cm³/mol. The highest BCUT2D eigenvalue weighted by Crippen LogP contribution is 2.07. The average Bonchev–Trinajstić information content (AvgIpc) is 3.22. The van der Waals surface area contributed by atoms with E-state index in [-0.39, 0.29) is 17.9 Å². The highest BCUT2D eigenvalue weighted by atomic mass is 16.3. The first-order chi connectivity index (χ1) is 12.6. The third-order valence-corrected chi connectivity index (χ3v) is 5.05. The third-order valence-electron chi connectivity index (χ3n) is 5.05. The molecule has 1 aliphatic rings. The lowest BCUT2D eigenvalue weighted by atomic mass is 10.1. The topological polar surface area (TPSA) is 58.2 Å². The molecule has 2 amide bonds. The van der Waals surface area contributed by atoms with Gasteiger partial charge in [0.25, 0.3) is 11.8 Å². The molecule has 0 saturated carbocycles. The van der Waals surface area contributed by atoms with E-state index in [0.29, 0.717) is 25.4 Å². The summed E-state index contributed by atoms with van der Waals surface area (Å²) in [5, 5.41) is 0. The number of hydrogen-bond acceptors (Lipinski definition) is 3. The van der Waals surface area contributed by atoms with Crippen molar-refractivity contribution in [1.29, 1.82) is 0 Å². The number of benzene rings is 1. The van der Waals surface area contributed by atoms with Crippen molar-refractivity contribution in [3.8, 4) is 0 Å². The van der Waals surface area contributed by atoms with Crippen LogP contribution < -0.4 is 4.90 Å². The maximum atomic E-state index is 12.8. The van der Waals surface area contributed by atoms with Crippen molar-refractivity contribution in [2.45, 2.75) is 19.5 Å². The first kappa shape index (κ1) is 18.2. The fourth-order valence-corrected chi connectivity index (χ4v) is 3.43. The van der Waals surface area contributed by atoms with E-state index >= 15 is 0 Å². The summed E-state index contributed by atoms with van der Waals surface area (Å²) in [5.41, 5.74) is 1.12. The van der Waals surface area contributed by atoms with Crippen LogP contribution in [0.4, 0.5) is 0 Å². The zero-order valence-corrected chi connectivity index (χ0v) is 15.4. The first-order valence-electron chi connectivity index (χ1n) is 9.02. The molecule has 138 valence electrons. The molecule has 0 radical (unpaired) electrons. The zero-order valence-electron chi connectivity index (χ0n) is 15.4. The summed E-state index contributed by atoms with van der Waals surface area (Å²) in [6.07, 6.45) is 1.51. The van der Waals surface area contributed by atoms with Crippen molar-refractivity contribution in [1.82, 2.24) is 9.80 Å². The summed E-state index contributed by atoms with van der Waals surface area (Å²) < 4.78 is 5.19. The van der Waals surface area contributed by atoms with E-state index in [1.165, 1.54) is 11.2 Å².